The van der Waals surface area contributed by atoms with Gasteiger partial charge in [0, 0.05) is 30.6 Å². The lowest BCUT2D eigenvalue weighted by molar-refractivity contribution is 0.174. The molecule has 2 aromatic carbocycles. The third-order valence-electron chi connectivity index (χ3n) is 4.61. The van der Waals surface area contributed by atoms with Crippen LogP contribution in [-0.4, -0.2) is 31.6 Å². The Hall–Kier alpha value is -2.10. The second-order valence-corrected chi connectivity index (χ2v) is 8.31. The minimum Gasteiger partial charge on any atom is -0.387 e. The molecule has 0 aliphatic rings. The molecule has 0 aliphatic heterocycles. The highest BCUT2D eigenvalue weighted by atomic mass is 35.5. The average molecular weight is 440 g/mol. The van der Waals surface area contributed by atoms with E-state index in [2.05, 4.69) is 10.3 Å². The molecular formula is C20H23ClFN3O3S. The molecule has 3 aromatic rings. The number of aliphatic hydroxyl groups excluding tert-OH is 1. The van der Waals surface area contributed by atoms with Crippen molar-refractivity contribution < 1.29 is 17.9 Å². The minimum absolute atomic E-state index is 0. The average Bonchev–Trinajstić information content (AvgIpc) is 2.66. The van der Waals surface area contributed by atoms with Crippen molar-refractivity contribution in [1.82, 2.24) is 10.3 Å². The number of primary sulfonamides is 1. The van der Waals surface area contributed by atoms with Crippen LogP contribution >= 0.6 is 12.4 Å². The summed E-state index contributed by atoms with van der Waals surface area (Å²) in [5, 5.41) is 20.2. The molecule has 3 rings (SSSR count). The van der Waals surface area contributed by atoms with Gasteiger partial charge in [-0.15, -0.1) is 12.4 Å². The van der Waals surface area contributed by atoms with Crippen molar-refractivity contribution in [1.29, 1.82) is 0 Å². The number of aromatic nitrogens is 1. The topological polar surface area (TPSA) is 105 Å². The van der Waals surface area contributed by atoms with Crippen LogP contribution in [0.25, 0.3) is 10.8 Å². The Morgan fingerprint density at radius 2 is 1.83 bits per heavy atom. The molecule has 6 nitrogen and oxygen atoms in total. The molecule has 0 aliphatic carbocycles. The number of hydrogen-bond acceptors (Lipinski definition) is 5. The number of benzene rings is 2. The van der Waals surface area contributed by atoms with Crippen LogP contribution in [0.15, 0.2) is 59.6 Å². The SMILES string of the molecule is C[C@H](CNC[C@@H](O)c1ccc(F)cc1)c1nccc2cc(S(N)(=O)=O)ccc12.Cl. The largest absolute Gasteiger partial charge is 0.387 e. The van der Waals surface area contributed by atoms with E-state index in [1.807, 2.05) is 6.92 Å². The highest BCUT2D eigenvalue weighted by Crippen LogP contribution is 2.25. The van der Waals surface area contributed by atoms with Gasteiger partial charge >= 0.3 is 0 Å². The predicted octanol–water partition coefficient (Wildman–Crippen LogP) is 2.87. The number of aliphatic hydroxyl groups is 1. The summed E-state index contributed by atoms with van der Waals surface area (Å²) in [6, 6.07) is 12.2. The summed E-state index contributed by atoms with van der Waals surface area (Å²) in [4.78, 5) is 4.50. The second kappa shape index (κ2) is 9.60. The van der Waals surface area contributed by atoms with E-state index in [0.29, 0.717) is 18.7 Å². The number of pyridine rings is 1. The predicted molar refractivity (Wildman–Crippen MR) is 113 cm³/mol. The van der Waals surface area contributed by atoms with Crippen molar-refractivity contribution in [2.75, 3.05) is 13.1 Å². The van der Waals surface area contributed by atoms with E-state index >= 15 is 0 Å². The van der Waals surface area contributed by atoms with Crippen LogP contribution in [0.4, 0.5) is 4.39 Å². The molecule has 9 heteroatoms. The molecule has 0 unspecified atom stereocenters. The Labute approximate surface area is 175 Å². The van der Waals surface area contributed by atoms with Crippen molar-refractivity contribution >= 4 is 33.2 Å². The summed E-state index contributed by atoms with van der Waals surface area (Å²) in [5.41, 5.74) is 1.46. The number of nitrogens with zero attached hydrogens (tertiary/aromatic N) is 1. The number of rotatable bonds is 7. The van der Waals surface area contributed by atoms with Crippen LogP contribution in [-0.2, 0) is 10.0 Å². The summed E-state index contributed by atoms with van der Waals surface area (Å²) in [6.07, 6.45) is 0.889. The van der Waals surface area contributed by atoms with Gasteiger partial charge in [-0.3, -0.25) is 4.98 Å². The van der Waals surface area contributed by atoms with Crippen LogP contribution in [0, 0.1) is 5.82 Å². The van der Waals surface area contributed by atoms with E-state index in [9.17, 15) is 17.9 Å². The van der Waals surface area contributed by atoms with E-state index in [1.54, 1.807) is 30.5 Å². The third-order valence-corrected chi connectivity index (χ3v) is 5.52. The van der Waals surface area contributed by atoms with Crippen LogP contribution in [0.5, 0.6) is 0 Å². The monoisotopic (exact) mass is 439 g/mol. The van der Waals surface area contributed by atoms with Crippen LogP contribution in [0.1, 0.15) is 30.2 Å². The van der Waals surface area contributed by atoms with Crippen molar-refractivity contribution in [2.45, 2.75) is 23.8 Å². The number of nitrogens with one attached hydrogen (secondary N) is 1. The summed E-state index contributed by atoms with van der Waals surface area (Å²) in [7, 11) is -3.76. The fraction of sp³-hybridized carbons (Fsp3) is 0.250. The van der Waals surface area contributed by atoms with Crippen molar-refractivity contribution in [3.05, 3.63) is 71.8 Å². The summed E-state index contributed by atoms with van der Waals surface area (Å²) in [6.45, 7) is 2.87. The molecule has 0 spiro atoms. The van der Waals surface area contributed by atoms with Crippen LogP contribution in [0.2, 0.25) is 0 Å². The molecule has 0 saturated carbocycles. The Morgan fingerprint density at radius 1 is 1.14 bits per heavy atom. The van der Waals surface area contributed by atoms with Gasteiger partial charge < -0.3 is 10.4 Å². The molecule has 0 radical (unpaired) electrons. The number of hydrogen-bond donors (Lipinski definition) is 3. The number of nitrogens with two attached hydrogens (primary N) is 1. The van der Waals surface area contributed by atoms with Gasteiger partial charge in [-0.25, -0.2) is 17.9 Å². The maximum atomic E-state index is 13.0. The number of fused-ring (bicyclic) bond motifs is 1. The Kier molecular flexibility index (Phi) is 7.67. The van der Waals surface area contributed by atoms with Gasteiger partial charge in [0.15, 0.2) is 0 Å². The first-order valence-electron chi connectivity index (χ1n) is 8.81. The quantitative estimate of drug-likeness (QED) is 0.525. The van der Waals surface area contributed by atoms with Gasteiger partial charge in [-0.2, -0.15) is 0 Å². The molecule has 0 fully saturated rings. The highest BCUT2D eigenvalue weighted by Gasteiger charge is 2.15. The maximum absolute atomic E-state index is 13.0. The molecule has 29 heavy (non-hydrogen) atoms. The van der Waals surface area contributed by atoms with Crippen molar-refractivity contribution in [3.63, 3.8) is 0 Å². The van der Waals surface area contributed by atoms with Crippen molar-refractivity contribution in [3.8, 4) is 0 Å². The first-order valence-corrected chi connectivity index (χ1v) is 10.4. The summed E-state index contributed by atoms with van der Waals surface area (Å²) >= 11 is 0. The van der Waals surface area contributed by atoms with E-state index < -0.39 is 16.1 Å². The van der Waals surface area contributed by atoms with E-state index in [0.717, 1.165) is 16.5 Å². The molecule has 156 valence electrons. The normalized spacial score (nSPS) is 13.7. The van der Waals surface area contributed by atoms with E-state index in [-0.39, 0.29) is 29.0 Å². The van der Waals surface area contributed by atoms with Gasteiger partial charge in [0.25, 0.3) is 0 Å². The number of halogens is 2. The molecule has 2 atom stereocenters. The lowest BCUT2D eigenvalue weighted by atomic mass is 10.0. The Bertz CT molecular complexity index is 1080. The molecule has 4 N–H and O–H groups in total. The molecule has 0 saturated heterocycles. The zero-order chi connectivity index (χ0) is 20.3. The summed E-state index contributed by atoms with van der Waals surface area (Å²) in [5.74, 6) is -0.324. The zero-order valence-corrected chi connectivity index (χ0v) is 17.4. The fourth-order valence-corrected chi connectivity index (χ4v) is 3.63. The van der Waals surface area contributed by atoms with Crippen LogP contribution in [0.3, 0.4) is 0 Å². The molecule has 1 aromatic heterocycles. The smallest absolute Gasteiger partial charge is 0.238 e. The molecule has 0 bridgehead atoms. The molecule has 0 amide bonds. The highest BCUT2D eigenvalue weighted by molar-refractivity contribution is 7.89. The van der Waals surface area contributed by atoms with Gasteiger partial charge in [0.05, 0.1) is 16.7 Å². The van der Waals surface area contributed by atoms with Gasteiger partial charge in [-0.05, 0) is 41.3 Å². The minimum atomic E-state index is -3.76. The molecule has 1 heterocycles. The van der Waals surface area contributed by atoms with Crippen LogP contribution < -0.4 is 10.5 Å². The maximum Gasteiger partial charge on any atom is 0.238 e. The van der Waals surface area contributed by atoms with Gasteiger partial charge in [-0.1, -0.05) is 25.1 Å². The third kappa shape index (κ3) is 5.71. The first kappa shape index (κ1) is 23.2. The molecular weight excluding hydrogens is 417 g/mol. The fourth-order valence-electron chi connectivity index (χ4n) is 3.09. The Balaban J connectivity index is 0.00000300. The first-order chi connectivity index (χ1) is 13.3. The number of sulfonamides is 1. The second-order valence-electron chi connectivity index (χ2n) is 6.75. The Morgan fingerprint density at radius 3 is 2.48 bits per heavy atom. The van der Waals surface area contributed by atoms with Gasteiger partial charge in [0.2, 0.25) is 10.0 Å². The van der Waals surface area contributed by atoms with E-state index in [1.165, 1.54) is 24.3 Å². The summed E-state index contributed by atoms with van der Waals surface area (Å²) < 4.78 is 36.1. The lowest BCUT2D eigenvalue weighted by Gasteiger charge is -2.17. The zero-order valence-electron chi connectivity index (χ0n) is 15.7. The lowest BCUT2D eigenvalue weighted by Crippen LogP contribution is -2.26. The standard InChI is InChI=1S/C20H22FN3O3S.ClH/c1-13(11-23-12-19(25)14-2-4-16(21)5-3-14)20-18-7-6-17(28(22,26)27)10-15(18)8-9-24-20;/h2-10,13,19,23,25H,11-12H2,1H3,(H2,22,26,27);1H/t13-,19-;/m1./s1. The van der Waals surface area contributed by atoms with Crippen molar-refractivity contribution in [2.24, 2.45) is 5.14 Å². The van der Waals surface area contributed by atoms with E-state index in [4.69, 9.17) is 5.14 Å². The van der Waals surface area contributed by atoms with Gasteiger partial charge in [0.1, 0.15) is 5.82 Å².